The second-order valence-electron chi connectivity index (χ2n) is 5.91. The summed E-state index contributed by atoms with van der Waals surface area (Å²) in [4.78, 5) is 27.5. The third-order valence-corrected chi connectivity index (χ3v) is 4.30. The van der Waals surface area contributed by atoms with Gasteiger partial charge >= 0.3 is 0 Å². The van der Waals surface area contributed by atoms with E-state index in [4.69, 9.17) is 0 Å². The van der Waals surface area contributed by atoms with E-state index in [9.17, 15) is 14.0 Å². The van der Waals surface area contributed by atoms with Gasteiger partial charge in [0.1, 0.15) is 11.9 Å². The molecule has 1 heterocycles. The molecule has 1 N–H and O–H groups in total. The molecule has 22 heavy (non-hydrogen) atoms. The van der Waals surface area contributed by atoms with Crippen LogP contribution >= 0.6 is 0 Å². The number of benzene rings is 1. The summed E-state index contributed by atoms with van der Waals surface area (Å²) in [5.41, 5.74) is 0.284. The van der Waals surface area contributed by atoms with E-state index >= 15 is 0 Å². The number of rotatable bonds is 5. The SMILES string of the molecule is CN(C(=O)CNC1CC1)[C@@H]1CCN(c2ccccc2F)C1=O. The summed E-state index contributed by atoms with van der Waals surface area (Å²) in [6.07, 6.45) is 2.75. The summed E-state index contributed by atoms with van der Waals surface area (Å²) in [7, 11) is 1.64. The second kappa shape index (κ2) is 6.04. The number of carbonyl (C=O) groups excluding carboxylic acids is 2. The van der Waals surface area contributed by atoms with Gasteiger partial charge in [-0.3, -0.25) is 9.59 Å². The van der Waals surface area contributed by atoms with Crippen LogP contribution in [-0.2, 0) is 9.59 Å². The molecular weight excluding hydrogens is 285 g/mol. The lowest BCUT2D eigenvalue weighted by atomic mass is 10.2. The monoisotopic (exact) mass is 305 g/mol. The van der Waals surface area contributed by atoms with Crippen LogP contribution in [-0.4, -0.2) is 48.9 Å². The van der Waals surface area contributed by atoms with Crippen LogP contribution in [0.5, 0.6) is 0 Å². The first-order valence-electron chi connectivity index (χ1n) is 7.63. The van der Waals surface area contributed by atoms with Gasteiger partial charge in [-0.1, -0.05) is 12.1 Å². The summed E-state index contributed by atoms with van der Waals surface area (Å²) < 4.78 is 13.8. The zero-order chi connectivity index (χ0) is 15.7. The lowest BCUT2D eigenvalue weighted by Crippen LogP contribution is -2.46. The first-order valence-corrected chi connectivity index (χ1v) is 7.63. The number of hydrogen-bond acceptors (Lipinski definition) is 3. The summed E-state index contributed by atoms with van der Waals surface area (Å²) in [5, 5.41) is 3.15. The molecule has 0 radical (unpaired) electrons. The van der Waals surface area contributed by atoms with Crippen LogP contribution in [0.4, 0.5) is 10.1 Å². The van der Waals surface area contributed by atoms with Crippen LogP contribution in [0.1, 0.15) is 19.3 Å². The van der Waals surface area contributed by atoms with Crippen molar-refractivity contribution in [2.75, 3.05) is 25.0 Å². The quantitative estimate of drug-likeness (QED) is 0.887. The lowest BCUT2D eigenvalue weighted by Gasteiger charge is -2.24. The molecule has 6 heteroatoms. The van der Waals surface area contributed by atoms with E-state index in [1.807, 2.05) is 0 Å². The van der Waals surface area contributed by atoms with Crippen LogP contribution in [0.25, 0.3) is 0 Å². The van der Waals surface area contributed by atoms with Crippen molar-refractivity contribution in [2.24, 2.45) is 0 Å². The maximum atomic E-state index is 13.8. The minimum atomic E-state index is -0.506. The minimum absolute atomic E-state index is 0.0966. The van der Waals surface area contributed by atoms with Gasteiger partial charge in [0.15, 0.2) is 0 Å². The van der Waals surface area contributed by atoms with Crippen LogP contribution in [0.2, 0.25) is 0 Å². The standard InChI is InChI=1S/C16H20FN3O2/c1-19(15(21)10-18-11-6-7-11)14-8-9-20(16(14)22)13-5-3-2-4-12(13)17/h2-5,11,14,18H,6-10H2,1H3/t14-/m1/s1. The predicted octanol–water partition coefficient (Wildman–Crippen LogP) is 1.14. The molecule has 1 aromatic carbocycles. The van der Waals surface area contributed by atoms with Crippen molar-refractivity contribution < 1.29 is 14.0 Å². The third-order valence-electron chi connectivity index (χ3n) is 4.30. The normalized spacial score (nSPS) is 21.3. The van der Waals surface area contributed by atoms with Gasteiger partial charge in [-0.25, -0.2) is 4.39 Å². The fourth-order valence-electron chi connectivity index (χ4n) is 2.75. The molecule has 1 aliphatic carbocycles. The molecule has 2 amide bonds. The summed E-state index contributed by atoms with van der Waals surface area (Å²) >= 11 is 0. The fourth-order valence-corrected chi connectivity index (χ4v) is 2.75. The van der Waals surface area contributed by atoms with Crippen LogP contribution in [0.3, 0.4) is 0 Å². The minimum Gasteiger partial charge on any atom is -0.333 e. The van der Waals surface area contributed by atoms with Gasteiger partial charge in [0.05, 0.1) is 12.2 Å². The zero-order valence-corrected chi connectivity index (χ0v) is 12.6. The first-order chi connectivity index (χ1) is 10.6. The predicted molar refractivity (Wildman–Crippen MR) is 81.0 cm³/mol. The number of anilines is 1. The highest BCUT2D eigenvalue weighted by molar-refractivity contribution is 6.01. The summed E-state index contributed by atoms with van der Waals surface area (Å²) in [5.74, 6) is -0.728. The Balaban J connectivity index is 1.65. The Kier molecular flexibility index (Phi) is 4.11. The average Bonchev–Trinajstić information content (AvgIpc) is 3.27. The maximum Gasteiger partial charge on any atom is 0.249 e. The maximum absolute atomic E-state index is 13.8. The average molecular weight is 305 g/mol. The number of amides is 2. The summed E-state index contributed by atoms with van der Waals surface area (Å²) in [6, 6.07) is 6.17. The third kappa shape index (κ3) is 2.97. The van der Waals surface area contributed by atoms with E-state index in [2.05, 4.69) is 5.32 Å². The van der Waals surface area contributed by atoms with E-state index in [1.165, 1.54) is 15.9 Å². The highest BCUT2D eigenvalue weighted by Crippen LogP contribution is 2.26. The number of likely N-dealkylation sites (N-methyl/N-ethyl adjacent to an activating group) is 1. The highest BCUT2D eigenvalue weighted by atomic mass is 19.1. The van der Waals surface area contributed by atoms with Crippen molar-refractivity contribution in [3.05, 3.63) is 30.1 Å². The zero-order valence-electron chi connectivity index (χ0n) is 12.6. The number of nitrogens with one attached hydrogen (secondary N) is 1. The topological polar surface area (TPSA) is 52.7 Å². The Morgan fingerprint density at radius 1 is 1.36 bits per heavy atom. The Morgan fingerprint density at radius 3 is 2.77 bits per heavy atom. The highest BCUT2D eigenvalue weighted by Gasteiger charge is 2.38. The van der Waals surface area contributed by atoms with Crippen molar-refractivity contribution in [3.8, 4) is 0 Å². The molecular formula is C16H20FN3O2. The molecule has 0 spiro atoms. The van der Waals surface area contributed by atoms with Gasteiger partial charge < -0.3 is 15.1 Å². The molecule has 5 nitrogen and oxygen atoms in total. The van der Waals surface area contributed by atoms with Crippen molar-refractivity contribution in [1.82, 2.24) is 10.2 Å². The number of halogens is 1. The van der Waals surface area contributed by atoms with E-state index in [1.54, 1.807) is 25.2 Å². The second-order valence-corrected chi connectivity index (χ2v) is 5.91. The van der Waals surface area contributed by atoms with Gasteiger partial charge in [0.25, 0.3) is 0 Å². The van der Waals surface area contributed by atoms with Gasteiger partial charge in [-0.15, -0.1) is 0 Å². The molecule has 1 saturated heterocycles. The Bertz CT molecular complexity index is 589. The van der Waals surface area contributed by atoms with Gasteiger partial charge in [-0.05, 0) is 31.4 Å². The Hall–Kier alpha value is -1.95. The molecule has 1 aliphatic heterocycles. The van der Waals surface area contributed by atoms with Gasteiger partial charge in [0, 0.05) is 19.6 Å². The summed E-state index contributed by atoms with van der Waals surface area (Å²) in [6.45, 7) is 0.683. The largest absolute Gasteiger partial charge is 0.333 e. The number of carbonyl (C=O) groups is 2. The Morgan fingerprint density at radius 2 is 2.09 bits per heavy atom. The number of nitrogens with zero attached hydrogens (tertiary/aromatic N) is 2. The van der Waals surface area contributed by atoms with Crippen LogP contribution in [0.15, 0.2) is 24.3 Å². The van der Waals surface area contributed by atoms with E-state index in [-0.39, 0.29) is 24.0 Å². The van der Waals surface area contributed by atoms with Gasteiger partial charge in [-0.2, -0.15) is 0 Å². The van der Waals surface area contributed by atoms with Crippen LogP contribution in [0, 0.1) is 5.82 Å². The van der Waals surface area contributed by atoms with Gasteiger partial charge in [0.2, 0.25) is 11.8 Å². The molecule has 2 fully saturated rings. The van der Waals surface area contributed by atoms with Crippen molar-refractivity contribution in [1.29, 1.82) is 0 Å². The van der Waals surface area contributed by atoms with Crippen LogP contribution < -0.4 is 10.2 Å². The van der Waals surface area contributed by atoms with Crippen molar-refractivity contribution in [3.63, 3.8) is 0 Å². The molecule has 0 bridgehead atoms. The van der Waals surface area contributed by atoms with E-state index in [0.717, 1.165) is 12.8 Å². The molecule has 0 unspecified atom stereocenters. The van der Waals surface area contributed by atoms with Crippen molar-refractivity contribution >= 4 is 17.5 Å². The molecule has 1 saturated carbocycles. The molecule has 118 valence electrons. The number of hydrogen-bond donors (Lipinski definition) is 1. The molecule has 3 rings (SSSR count). The molecule has 2 aliphatic rings. The van der Waals surface area contributed by atoms with E-state index in [0.29, 0.717) is 19.0 Å². The molecule has 0 aromatic heterocycles. The number of para-hydroxylation sites is 1. The first kappa shape index (κ1) is 15.0. The fraction of sp³-hybridized carbons (Fsp3) is 0.500. The Labute approximate surface area is 129 Å². The molecule has 1 aromatic rings. The smallest absolute Gasteiger partial charge is 0.249 e. The lowest BCUT2D eigenvalue weighted by molar-refractivity contribution is -0.136. The van der Waals surface area contributed by atoms with Crippen molar-refractivity contribution in [2.45, 2.75) is 31.3 Å². The molecule has 1 atom stereocenters. The van der Waals surface area contributed by atoms with E-state index < -0.39 is 11.9 Å².